The number of halogens is 2. The SMILES string of the molecule is C=CCN(C1CC(=O)N(c2ccc(I)cc2)C1=O)S(=O)(=O)c1ccc(F)cc1. The van der Waals surface area contributed by atoms with Gasteiger partial charge in [0.2, 0.25) is 15.9 Å². The molecule has 6 nitrogen and oxygen atoms in total. The Balaban J connectivity index is 1.97. The zero-order valence-electron chi connectivity index (χ0n) is 14.6. The first-order valence-corrected chi connectivity index (χ1v) is 10.8. The molecule has 1 fully saturated rings. The molecule has 1 aliphatic heterocycles. The maximum atomic E-state index is 13.2. The molecule has 0 radical (unpaired) electrons. The van der Waals surface area contributed by atoms with E-state index < -0.39 is 33.7 Å². The van der Waals surface area contributed by atoms with Crippen LogP contribution in [0.25, 0.3) is 0 Å². The lowest BCUT2D eigenvalue weighted by Gasteiger charge is -2.25. The molecule has 0 saturated carbocycles. The number of carbonyl (C=O) groups excluding carboxylic acids is 2. The Labute approximate surface area is 175 Å². The maximum absolute atomic E-state index is 13.2. The van der Waals surface area contributed by atoms with Gasteiger partial charge in [-0.05, 0) is 71.1 Å². The van der Waals surface area contributed by atoms with E-state index in [0.717, 1.165) is 37.0 Å². The fourth-order valence-electron chi connectivity index (χ4n) is 2.96. The summed E-state index contributed by atoms with van der Waals surface area (Å²) in [6, 6.07) is 9.87. The van der Waals surface area contributed by atoms with Crippen molar-refractivity contribution < 1.29 is 22.4 Å². The predicted molar refractivity (Wildman–Crippen MR) is 111 cm³/mol. The lowest BCUT2D eigenvalue weighted by atomic mass is 10.2. The van der Waals surface area contributed by atoms with Gasteiger partial charge in [-0.2, -0.15) is 4.31 Å². The Kier molecular flexibility index (Phi) is 5.96. The minimum absolute atomic E-state index is 0.163. The van der Waals surface area contributed by atoms with Crippen LogP contribution in [0.1, 0.15) is 6.42 Å². The minimum atomic E-state index is -4.14. The van der Waals surface area contributed by atoms with E-state index in [0.29, 0.717) is 5.69 Å². The van der Waals surface area contributed by atoms with E-state index in [1.54, 1.807) is 24.3 Å². The summed E-state index contributed by atoms with van der Waals surface area (Å²) >= 11 is 2.10. The average molecular weight is 514 g/mol. The molecule has 1 unspecified atom stereocenters. The third-order valence-electron chi connectivity index (χ3n) is 4.28. The van der Waals surface area contributed by atoms with Gasteiger partial charge in [-0.1, -0.05) is 6.08 Å². The number of nitrogens with zero attached hydrogens (tertiary/aromatic N) is 2. The van der Waals surface area contributed by atoms with Crippen LogP contribution in [0, 0.1) is 9.39 Å². The van der Waals surface area contributed by atoms with Crippen molar-refractivity contribution >= 4 is 50.1 Å². The van der Waals surface area contributed by atoms with Crippen molar-refractivity contribution in [2.24, 2.45) is 0 Å². The van der Waals surface area contributed by atoms with Gasteiger partial charge >= 0.3 is 0 Å². The monoisotopic (exact) mass is 514 g/mol. The largest absolute Gasteiger partial charge is 0.274 e. The Hall–Kier alpha value is -2.11. The van der Waals surface area contributed by atoms with Crippen molar-refractivity contribution in [1.82, 2.24) is 4.31 Å². The Bertz CT molecular complexity index is 1020. The normalized spacial score (nSPS) is 17.4. The molecule has 0 aliphatic carbocycles. The molecule has 3 rings (SSSR count). The molecule has 1 atom stereocenters. The second kappa shape index (κ2) is 8.10. The molecule has 1 saturated heterocycles. The van der Waals surface area contributed by atoms with Crippen molar-refractivity contribution in [3.8, 4) is 0 Å². The number of carbonyl (C=O) groups is 2. The van der Waals surface area contributed by atoms with Gasteiger partial charge in [0.1, 0.15) is 11.9 Å². The zero-order chi connectivity index (χ0) is 20.5. The number of rotatable bonds is 6. The van der Waals surface area contributed by atoms with Gasteiger partial charge in [0, 0.05) is 10.1 Å². The molecule has 146 valence electrons. The molecule has 0 bridgehead atoms. The second-order valence-corrected chi connectivity index (χ2v) is 9.22. The summed E-state index contributed by atoms with van der Waals surface area (Å²) in [6.45, 7) is 3.38. The average Bonchev–Trinajstić information content (AvgIpc) is 2.95. The van der Waals surface area contributed by atoms with Gasteiger partial charge in [-0.15, -0.1) is 6.58 Å². The minimum Gasteiger partial charge on any atom is -0.274 e. The van der Waals surface area contributed by atoms with Crippen molar-refractivity contribution in [2.75, 3.05) is 11.4 Å². The van der Waals surface area contributed by atoms with Gasteiger partial charge in [0.25, 0.3) is 5.91 Å². The molecule has 1 heterocycles. The number of imide groups is 1. The lowest BCUT2D eigenvalue weighted by Crippen LogP contribution is -2.45. The highest BCUT2D eigenvalue weighted by atomic mass is 127. The van der Waals surface area contributed by atoms with Crippen LogP contribution >= 0.6 is 22.6 Å². The van der Waals surface area contributed by atoms with Gasteiger partial charge in [-0.25, -0.2) is 17.7 Å². The third kappa shape index (κ3) is 3.87. The van der Waals surface area contributed by atoms with E-state index in [9.17, 15) is 22.4 Å². The van der Waals surface area contributed by atoms with Crippen LogP contribution in [-0.4, -0.2) is 37.1 Å². The topological polar surface area (TPSA) is 74.8 Å². The lowest BCUT2D eigenvalue weighted by molar-refractivity contribution is -0.122. The molecular formula is C19H16FIN2O4S. The molecule has 0 aromatic heterocycles. The summed E-state index contributed by atoms with van der Waals surface area (Å²) < 4.78 is 41.1. The summed E-state index contributed by atoms with van der Waals surface area (Å²) in [4.78, 5) is 26.3. The van der Waals surface area contributed by atoms with Gasteiger partial charge in [-0.3, -0.25) is 9.59 Å². The van der Waals surface area contributed by atoms with E-state index in [1.807, 2.05) is 0 Å². The first-order valence-electron chi connectivity index (χ1n) is 8.26. The van der Waals surface area contributed by atoms with Crippen LogP contribution in [0.15, 0.2) is 66.1 Å². The van der Waals surface area contributed by atoms with Gasteiger partial charge in [0.15, 0.2) is 0 Å². The Morgan fingerprint density at radius 2 is 1.75 bits per heavy atom. The summed E-state index contributed by atoms with van der Waals surface area (Å²) in [6.07, 6.45) is 1.06. The summed E-state index contributed by atoms with van der Waals surface area (Å²) in [5.74, 6) is -1.69. The number of benzene rings is 2. The van der Waals surface area contributed by atoms with Crippen LogP contribution in [0.5, 0.6) is 0 Å². The number of anilines is 1. The molecular weight excluding hydrogens is 498 g/mol. The highest BCUT2D eigenvalue weighted by Crippen LogP contribution is 2.29. The number of hydrogen-bond acceptors (Lipinski definition) is 4. The molecule has 1 aliphatic rings. The van der Waals surface area contributed by atoms with Crippen molar-refractivity contribution in [1.29, 1.82) is 0 Å². The molecule has 0 N–H and O–H groups in total. The smallest absolute Gasteiger partial charge is 0.252 e. The Morgan fingerprint density at radius 3 is 2.32 bits per heavy atom. The fraction of sp³-hybridized carbons (Fsp3) is 0.158. The molecule has 9 heteroatoms. The van der Waals surface area contributed by atoms with Gasteiger partial charge < -0.3 is 0 Å². The molecule has 28 heavy (non-hydrogen) atoms. The molecule has 2 amide bonds. The summed E-state index contributed by atoms with van der Waals surface area (Å²) in [5, 5.41) is 0. The Morgan fingerprint density at radius 1 is 1.14 bits per heavy atom. The quantitative estimate of drug-likeness (QED) is 0.338. The van der Waals surface area contributed by atoms with Crippen LogP contribution in [0.3, 0.4) is 0 Å². The fourth-order valence-corrected chi connectivity index (χ4v) is 4.88. The first kappa shape index (κ1) is 20.6. The van der Waals surface area contributed by atoms with Crippen LogP contribution in [0.4, 0.5) is 10.1 Å². The predicted octanol–water partition coefficient (Wildman–Crippen LogP) is 2.94. The molecule has 2 aromatic carbocycles. The van der Waals surface area contributed by atoms with Crippen LogP contribution < -0.4 is 4.90 Å². The zero-order valence-corrected chi connectivity index (χ0v) is 17.6. The standard InChI is InChI=1S/C19H16FIN2O4S/c1-2-11-22(28(26,27)16-9-3-13(20)4-10-16)17-12-18(24)23(19(17)25)15-7-5-14(21)6-8-15/h2-10,17H,1,11-12H2. The first-order chi connectivity index (χ1) is 13.3. The van der Waals surface area contributed by atoms with E-state index in [-0.39, 0.29) is 17.9 Å². The molecule has 2 aromatic rings. The highest BCUT2D eigenvalue weighted by molar-refractivity contribution is 14.1. The van der Waals surface area contributed by atoms with Crippen LogP contribution in [-0.2, 0) is 19.6 Å². The van der Waals surface area contributed by atoms with Crippen molar-refractivity contribution in [2.45, 2.75) is 17.4 Å². The third-order valence-corrected chi connectivity index (χ3v) is 6.89. The highest BCUT2D eigenvalue weighted by Gasteiger charge is 2.46. The maximum Gasteiger partial charge on any atom is 0.252 e. The van der Waals surface area contributed by atoms with E-state index >= 15 is 0 Å². The van der Waals surface area contributed by atoms with Crippen molar-refractivity contribution in [3.05, 3.63) is 70.6 Å². The van der Waals surface area contributed by atoms with E-state index in [2.05, 4.69) is 29.2 Å². The summed E-state index contributed by atoms with van der Waals surface area (Å²) in [7, 11) is -4.14. The van der Waals surface area contributed by atoms with Gasteiger partial charge in [0.05, 0.1) is 17.0 Å². The number of sulfonamides is 1. The number of hydrogen-bond donors (Lipinski definition) is 0. The van der Waals surface area contributed by atoms with E-state index in [1.165, 1.54) is 6.08 Å². The number of amides is 2. The second-order valence-electron chi connectivity index (χ2n) is 6.08. The van der Waals surface area contributed by atoms with E-state index in [4.69, 9.17) is 0 Å². The van der Waals surface area contributed by atoms with Crippen LogP contribution in [0.2, 0.25) is 0 Å². The molecule has 0 spiro atoms. The summed E-state index contributed by atoms with van der Waals surface area (Å²) in [5.41, 5.74) is 0.385. The van der Waals surface area contributed by atoms with Crippen molar-refractivity contribution in [3.63, 3.8) is 0 Å².